The van der Waals surface area contributed by atoms with Crippen LogP contribution in [0.4, 0.5) is 17.2 Å². The predicted molar refractivity (Wildman–Crippen MR) is 99.4 cm³/mol. The van der Waals surface area contributed by atoms with Crippen molar-refractivity contribution in [2.75, 3.05) is 36.8 Å². The number of pyridine rings is 2. The molecule has 0 aliphatic carbocycles. The summed E-state index contributed by atoms with van der Waals surface area (Å²) in [5.41, 5.74) is 7.32. The summed E-state index contributed by atoms with van der Waals surface area (Å²) >= 11 is 3.38. The van der Waals surface area contributed by atoms with Crippen molar-refractivity contribution in [2.45, 2.75) is 13.0 Å². The molecule has 2 aromatic heterocycles. The third kappa shape index (κ3) is 3.57. The fourth-order valence-corrected chi connectivity index (χ4v) is 3.69. The third-order valence-electron chi connectivity index (χ3n) is 4.56. The van der Waals surface area contributed by atoms with E-state index in [0.29, 0.717) is 23.2 Å². The van der Waals surface area contributed by atoms with Crippen molar-refractivity contribution in [2.24, 2.45) is 0 Å². The second-order valence-electron chi connectivity index (χ2n) is 5.93. The van der Waals surface area contributed by atoms with Gasteiger partial charge in [0.2, 0.25) is 5.82 Å². The first-order valence-corrected chi connectivity index (χ1v) is 8.75. The Bertz CT molecular complexity index is 765. The van der Waals surface area contributed by atoms with Crippen LogP contribution in [0.25, 0.3) is 0 Å². The molecule has 1 unspecified atom stereocenters. The second-order valence-corrected chi connectivity index (χ2v) is 6.78. The zero-order valence-electron chi connectivity index (χ0n) is 13.8. The van der Waals surface area contributed by atoms with E-state index in [1.807, 2.05) is 17.0 Å². The van der Waals surface area contributed by atoms with Crippen LogP contribution in [0.3, 0.4) is 0 Å². The Morgan fingerprint density at radius 2 is 1.92 bits per heavy atom. The molecule has 0 spiro atoms. The van der Waals surface area contributed by atoms with Gasteiger partial charge in [0.25, 0.3) is 0 Å². The van der Waals surface area contributed by atoms with E-state index in [0.717, 1.165) is 13.1 Å². The van der Waals surface area contributed by atoms with Gasteiger partial charge in [0.05, 0.1) is 9.40 Å². The van der Waals surface area contributed by atoms with Gasteiger partial charge in [0.1, 0.15) is 5.69 Å². The molecule has 1 fully saturated rings. The Labute approximate surface area is 153 Å². The molecule has 0 aromatic carbocycles. The predicted octanol–water partition coefficient (Wildman–Crippen LogP) is 2.61. The number of nitrogens with two attached hydrogens (primary N) is 1. The minimum atomic E-state index is -0.464. The smallest absolute Gasteiger partial charge is 0.335 e. The number of nitrogen functional groups attached to an aromatic ring is 1. The van der Waals surface area contributed by atoms with Crippen molar-refractivity contribution in [1.29, 1.82) is 0 Å². The molecule has 2 N–H and O–H groups in total. The van der Waals surface area contributed by atoms with Crippen LogP contribution in [0.5, 0.6) is 0 Å². The number of aromatic nitrogens is 2. The van der Waals surface area contributed by atoms with E-state index in [-0.39, 0.29) is 17.5 Å². The van der Waals surface area contributed by atoms with Crippen LogP contribution >= 0.6 is 15.9 Å². The zero-order valence-corrected chi connectivity index (χ0v) is 15.4. The molecule has 3 rings (SSSR count). The van der Waals surface area contributed by atoms with Crippen molar-refractivity contribution in [3.63, 3.8) is 0 Å². The Balaban J connectivity index is 1.77. The third-order valence-corrected chi connectivity index (χ3v) is 5.14. The molecule has 0 saturated carbocycles. The van der Waals surface area contributed by atoms with E-state index in [4.69, 9.17) is 5.73 Å². The number of nitrogens with zero attached hydrogens (tertiary/aromatic N) is 5. The number of hydrogen-bond acceptors (Lipinski definition) is 7. The molecule has 1 aliphatic rings. The molecule has 1 aliphatic heterocycles. The molecule has 132 valence electrons. The quantitative estimate of drug-likeness (QED) is 0.614. The minimum Gasteiger partial charge on any atom is -0.378 e. The highest BCUT2D eigenvalue weighted by Gasteiger charge is 2.30. The van der Waals surface area contributed by atoms with Crippen molar-refractivity contribution >= 4 is 33.1 Å². The molecule has 1 atom stereocenters. The van der Waals surface area contributed by atoms with Gasteiger partial charge in [-0.3, -0.25) is 20.0 Å². The number of anilines is 2. The molecular weight excluding hydrogens is 388 g/mol. The number of hydrogen-bond donors (Lipinski definition) is 1. The van der Waals surface area contributed by atoms with Crippen LogP contribution in [0.1, 0.15) is 18.5 Å². The standard InChI is InChI=1S/C16H19BrN6O2/c1-11(12-2-4-19-5-3-12)21-6-8-22(9-7-21)14-13(17)10-20-16(18)15(14)23(24)25/h2-5,10-11H,6-9H2,1H3,(H2,18,20). The van der Waals surface area contributed by atoms with Gasteiger partial charge in [-0.1, -0.05) is 0 Å². The average molecular weight is 407 g/mol. The Hall–Kier alpha value is -2.26. The molecule has 2 aromatic rings. The molecule has 0 radical (unpaired) electrons. The van der Waals surface area contributed by atoms with Gasteiger partial charge >= 0.3 is 5.69 Å². The van der Waals surface area contributed by atoms with E-state index in [9.17, 15) is 10.1 Å². The normalized spacial score (nSPS) is 16.6. The monoisotopic (exact) mass is 406 g/mol. The van der Waals surface area contributed by atoms with Gasteiger partial charge in [-0.05, 0) is 40.5 Å². The number of rotatable bonds is 4. The van der Waals surface area contributed by atoms with E-state index in [1.54, 1.807) is 12.4 Å². The second kappa shape index (κ2) is 7.32. The molecule has 3 heterocycles. The van der Waals surface area contributed by atoms with Gasteiger partial charge in [0, 0.05) is 50.8 Å². The molecule has 9 heteroatoms. The number of halogens is 1. The van der Waals surface area contributed by atoms with Crippen LogP contribution in [-0.2, 0) is 0 Å². The maximum absolute atomic E-state index is 11.4. The average Bonchev–Trinajstić information content (AvgIpc) is 2.63. The van der Waals surface area contributed by atoms with Gasteiger partial charge < -0.3 is 10.6 Å². The van der Waals surface area contributed by atoms with Gasteiger partial charge in [0.15, 0.2) is 0 Å². The fraction of sp³-hybridized carbons (Fsp3) is 0.375. The van der Waals surface area contributed by atoms with E-state index in [2.05, 4.69) is 37.7 Å². The highest BCUT2D eigenvalue weighted by atomic mass is 79.9. The molecule has 0 bridgehead atoms. The first kappa shape index (κ1) is 17.6. The summed E-state index contributed by atoms with van der Waals surface area (Å²) in [5.74, 6) is -0.0595. The van der Waals surface area contributed by atoms with Crippen LogP contribution in [0.15, 0.2) is 35.2 Å². The van der Waals surface area contributed by atoms with Crippen LogP contribution < -0.4 is 10.6 Å². The largest absolute Gasteiger partial charge is 0.378 e. The van der Waals surface area contributed by atoms with Gasteiger partial charge in [-0.15, -0.1) is 0 Å². The van der Waals surface area contributed by atoms with E-state index in [1.165, 1.54) is 11.8 Å². The Morgan fingerprint density at radius 3 is 2.52 bits per heavy atom. The summed E-state index contributed by atoms with van der Waals surface area (Å²) in [7, 11) is 0. The lowest BCUT2D eigenvalue weighted by molar-refractivity contribution is -0.383. The summed E-state index contributed by atoms with van der Waals surface area (Å²) in [5, 5.41) is 11.4. The Kier molecular flexibility index (Phi) is 5.14. The maximum Gasteiger partial charge on any atom is 0.335 e. The molecule has 8 nitrogen and oxygen atoms in total. The van der Waals surface area contributed by atoms with Crippen molar-refractivity contribution in [3.8, 4) is 0 Å². The van der Waals surface area contributed by atoms with Crippen molar-refractivity contribution in [1.82, 2.24) is 14.9 Å². The number of nitro groups is 1. The highest BCUT2D eigenvalue weighted by Crippen LogP contribution is 2.39. The SMILES string of the molecule is CC(c1ccncc1)N1CCN(c2c(Br)cnc(N)c2[N+](=O)[O-])CC1. The molecule has 1 saturated heterocycles. The van der Waals surface area contributed by atoms with Gasteiger partial charge in [-0.25, -0.2) is 4.98 Å². The molecule has 25 heavy (non-hydrogen) atoms. The van der Waals surface area contributed by atoms with E-state index < -0.39 is 4.92 Å². The maximum atomic E-state index is 11.4. The van der Waals surface area contributed by atoms with Crippen LogP contribution in [-0.4, -0.2) is 46.0 Å². The van der Waals surface area contributed by atoms with Gasteiger partial charge in [-0.2, -0.15) is 0 Å². The highest BCUT2D eigenvalue weighted by molar-refractivity contribution is 9.10. The fourth-order valence-electron chi connectivity index (χ4n) is 3.15. The lowest BCUT2D eigenvalue weighted by atomic mass is 10.1. The lowest BCUT2D eigenvalue weighted by Gasteiger charge is -2.39. The summed E-state index contributed by atoms with van der Waals surface area (Å²) in [4.78, 5) is 23.2. The van der Waals surface area contributed by atoms with Crippen molar-refractivity contribution in [3.05, 3.63) is 50.9 Å². The zero-order chi connectivity index (χ0) is 18.0. The lowest BCUT2D eigenvalue weighted by Crippen LogP contribution is -2.47. The minimum absolute atomic E-state index is 0.0595. The summed E-state index contributed by atoms with van der Waals surface area (Å²) in [6.07, 6.45) is 5.11. The Morgan fingerprint density at radius 1 is 1.28 bits per heavy atom. The van der Waals surface area contributed by atoms with E-state index >= 15 is 0 Å². The van der Waals surface area contributed by atoms with Crippen LogP contribution in [0.2, 0.25) is 0 Å². The van der Waals surface area contributed by atoms with Crippen LogP contribution in [0, 0.1) is 10.1 Å². The topological polar surface area (TPSA) is 101 Å². The summed E-state index contributed by atoms with van der Waals surface area (Å²) in [6, 6.07) is 4.30. The van der Waals surface area contributed by atoms with Crippen molar-refractivity contribution < 1.29 is 4.92 Å². The first-order valence-electron chi connectivity index (χ1n) is 7.96. The summed E-state index contributed by atoms with van der Waals surface area (Å²) in [6.45, 7) is 5.12. The molecule has 0 amide bonds. The number of piperazine rings is 1. The first-order chi connectivity index (χ1) is 12.0. The summed E-state index contributed by atoms with van der Waals surface area (Å²) < 4.78 is 0.587. The molecular formula is C16H19BrN6O2.